The van der Waals surface area contributed by atoms with Crippen molar-refractivity contribution < 1.29 is 8.42 Å². The Kier molecular flexibility index (Phi) is 4.37. The summed E-state index contributed by atoms with van der Waals surface area (Å²) in [5.41, 5.74) is 0.904. The van der Waals surface area contributed by atoms with Gasteiger partial charge in [-0.1, -0.05) is 25.1 Å². The van der Waals surface area contributed by atoms with Crippen LogP contribution < -0.4 is 0 Å². The maximum Gasteiger partial charge on any atom is 0.154 e. The van der Waals surface area contributed by atoms with Crippen molar-refractivity contribution in [1.82, 2.24) is 0 Å². The van der Waals surface area contributed by atoms with E-state index in [4.69, 9.17) is 0 Å². The SMILES string of the molecule is CCCS(=O)(=O)Cc1ccccc1I. The highest BCUT2D eigenvalue weighted by Gasteiger charge is 2.11. The second kappa shape index (κ2) is 5.11. The Morgan fingerprint density at radius 1 is 1.29 bits per heavy atom. The minimum atomic E-state index is -2.91. The predicted molar refractivity (Wildman–Crippen MR) is 66.9 cm³/mol. The second-order valence-corrected chi connectivity index (χ2v) is 6.53. The molecule has 0 aliphatic heterocycles. The minimum Gasteiger partial charge on any atom is -0.228 e. The standard InChI is InChI=1S/C10H13IO2S/c1-2-7-14(12,13)8-9-5-3-4-6-10(9)11/h3-6H,2,7-8H2,1H3. The van der Waals surface area contributed by atoms with Gasteiger partial charge in [0.05, 0.1) is 11.5 Å². The van der Waals surface area contributed by atoms with Crippen LogP contribution in [0, 0.1) is 3.57 Å². The molecule has 0 heterocycles. The molecule has 0 amide bonds. The lowest BCUT2D eigenvalue weighted by molar-refractivity contribution is 0.594. The van der Waals surface area contributed by atoms with E-state index in [1.807, 2.05) is 31.2 Å². The smallest absolute Gasteiger partial charge is 0.154 e. The first-order valence-electron chi connectivity index (χ1n) is 4.49. The largest absolute Gasteiger partial charge is 0.228 e. The van der Waals surface area contributed by atoms with E-state index < -0.39 is 9.84 Å². The number of sulfone groups is 1. The van der Waals surface area contributed by atoms with E-state index in [1.165, 1.54) is 0 Å². The summed E-state index contributed by atoms with van der Waals surface area (Å²) < 4.78 is 24.1. The molecule has 0 unspecified atom stereocenters. The van der Waals surface area contributed by atoms with Crippen LogP contribution in [0.4, 0.5) is 0 Å². The molecule has 0 saturated heterocycles. The summed E-state index contributed by atoms with van der Waals surface area (Å²) in [5, 5.41) is 0. The minimum absolute atomic E-state index is 0.167. The Balaban J connectivity index is 2.84. The molecule has 0 atom stereocenters. The summed E-state index contributed by atoms with van der Waals surface area (Å²) in [6, 6.07) is 7.59. The van der Waals surface area contributed by atoms with Gasteiger partial charge in [-0.25, -0.2) is 8.42 Å². The Bertz CT molecular complexity index is 398. The Labute approximate surface area is 98.8 Å². The zero-order chi connectivity index (χ0) is 10.6. The van der Waals surface area contributed by atoms with Gasteiger partial charge in [0.15, 0.2) is 9.84 Å². The van der Waals surface area contributed by atoms with Gasteiger partial charge in [-0.15, -0.1) is 0 Å². The molecule has 0 spiro atoms. The van der Waals surface area contributed by atoms with Crippen LogP contribution in [-0.2, 0) is 15.6 Å². The quantitative estimate of drug-likeness (QED) is 0.798. The molecule has 0 radical (unpaired) electrons. The van der Waals surface area contributed by atoms with Gasteiger partial charge in [-0.05, 0) is 40.6 Å². The van der Waals surface area contributed by atoms with Gasteiger partial charge >= 0.3 is 0 Å². The molecular weight excluding hydrogens is 311 g/mol. The first kappa shape index (κ1) is 12.0. The molecule has 0 N–H and O–H groups in total. The maximum atomic E-state index is 11.5. The van der Waals surface area contributed by atoms with Crippen LogP contribution in [0.3, 0.4) is 0 Å². The van der Waals surface area contributed by atoms with Crippen molar-refractivity contribution in [1.29, 1.82) is 0 Å². The van der Waals surface area contributed by atoms with E-state index in [1.54, 1.807) is 0 Å². The van der Waals surface area contributed by atoms with Crippen LogP contribution in [-0.4, -0.2) is 14.2 Å². The Hall–Kier alpha value is -0.100. The summed E-state index contributed by atoms with van der Waals surface area (Å²) in [7, 11) is -2.91. The highest BCUT2D eigenvalue weighted by Crippen LogP contribution is 2.15. The van der Waals surface area contributed by atoms with Crippen LogP contribution in [0.1, 0.15) is 18.9 Å². The van der Waals surface area contributed by atoms with Crippen molar-refractivity contribution in [2.24, 2.45) is 0 Å². The second-order valence-electron chi connectivity index (χ2n) is 3.18. The first-order valence-corrected chi connectivity index (χ1v) is 7.39. The normalized spacial score (nSPS) is 11.6. The third-order valence-corrected chi connectivity index (χ3v) is 4.68. The third-order valence-electron chi connectivity index (χ3n) is 1.85. The molecule has 0 aliphatic rings. The fourth-order valence-corrected chi connectivity index (χ4v) is 3.56. The monoisotopic (exact) mass is 324 g/mol. The van der Waals surface area contributed by atoms with E-state index >= 15 is 0 Å². The van der Waals surface area contributed by atoms with Crippen molar-refractivity contribution in [3.05, 3.63) is 33.4 Å². The number of hydrogen-bond donors (Lipinski definition) is 0. The summed E-state index contributed by atoms with van der Waals surface area (Å²) in [4.78, 5) is 0. The van der Waals surface area contributed by atoms with Gasteiger partial charge in [-0.2, -0.15) is 0 Å². The lowest BCUT2D eigenvalue weighted by Gasteiger charge is -2.04. The Morgan fingerprint density at radius 3 is 2.50 bits per heavy atom. The molecule has 0 aromatic heterocycles. The van der Waals surface area contributed by atoms with E-state index in [0.717, 1.165) is 9.13 Å². The number of halogens is 1. The van der Waals surface area contributed by atoms with Gasteiger partial charge in [-0.3, -0.25) is 0 Å². The molecule has 1 aromatic rings. The van der Waals surface area contributed by atoms with Gasteiger partial charge < -0.3 is 0 Å². The lowest BCUT2D eigenvalue weighted by atomic mass is 10.2. The molecule has 0 aliphatic carbocycles. The average molecular weight is 324 g/mol. The van der Waals surface area contributed by atoms with Gasteiger partial charge in [0, 0.05) is 3.57 Å². The van der Waals surface area contributed by atoms with Gasteiger partial charge in [0.1, 0.15) is 0 Å². The number of rotatable bonds is 4. The highest BCUT2D eigenvalue weighted by atomic mass is 127. The molecule has 78 valence electrons. The lowest BCUT2D eigenvalue weighted by Crippen LogP contribution is -2.09. The summed E-state index contributed by atoms with van der Waals surface area (Å²) in [5.74, 6) is 0.442. The summed E-state index contributed by atoms with van der Waals surface area (Å²) >= 11 is 2.16. The van der Waals surface area contributed by atoms with E-state index in [0.29, 0.717) is 6.42 Å². The molecule has 0 bridgehead atoms. The predicted octanol–water partition coefficient (Wildman–Crippen LogP) is 2.62. The van der Waals surface area contributed by atoms with Crippen molar-refractivity contribution in [3.8, 4) is 0 Å². The maximum absolute atomic E-state index is 11.5. The molecule has 2 nitrogen and oxygen atoms in total. The van der Waals surface area contributed by atoms with Crippen LogP contribution in [0.15, 0.2) is 24.3 Å². The number of benzene rings is 1. The van der Waals surface area contributed by atoms with Crippen molar-refractivity contribution >= 4 is 32.4 Å². The fourth-order valence-electron chi connectivity index (χ4n) is 1.24. The van der Waals surface area contributed by atoms with E-state index in [2.05, 4.69) is 22.6 Å². The van der Waals surface area contributed by atoms with Crippen molar-refractivity contribution in [3.63, 3.8) is 0 Å². The van der Waals surface area contributed by atoms with Crippen LogP contribution in [0.25, 0.3) is 0 Å². The molecule has 1 aromatic carbocycles. The van der Waals surface area contributed by atoms with E-state index in [-0.39, 0.29) is 11.5 Å². The van der Waals surface area contributed by atoms with Crippen LogP contribution >= 0.6 is 22.6 Å². The average Bonchev–Trinajstić information content (AvgIpc) is 2.08. The van der Waals surface area contributed by atoms with E-state index in [9.17, 15) is 8.42 Å². The van der Waals surface area contributed by atoms with Gasteiger partial charge in [0.2, 0.25) is 0 Å². The summed E-state index contributed by atoms with van der Waals surface area (Å²) in [6.45, 7) is 1.88. The van der Waals surface area contributed by atoms with Gasteiger partial charge in [0.25, 0.3) is 0 Å². The third kappa shape index (κ3) is 3.57. The topological polar surface area (TPSA) is 34.1 Å². The zero-order valence-electron chi connectivity index (χ0n) is 8.03. The zero-order valence-corrected chi connectivity index (χ0v) is 11.0. The van der Waals surface area contributed by atoms with Crippen molar-refractivity contribution in [2.45, 2.75) is 19.1 Å². The molecule has 0 fully saturated rings. The number of hydrogen-bond acceptors (Lipinski definition) is 2. The summed E-state index contributed by atoms with van der Waals surface area (Å²) in [6.07, 6.45) is 0.686. The molecule has 14 heavy (non-hydrogen) atoms. The first-order chi connectivity index (χ1) is 6.55. The van der Waals surface area contributed by atoms with Crippen LogP contribution in [0.2, 0.25) is 0 Å². The fraction of sp³-hybridized carbons (Fsp3) is 0.400. The Morgan fingerprint density at radius 2 is 1.93 bits per heavy atom. The molecule has 1 rings (SSSR count). The molecule has 0 saturated carbocycles. The van der Waals surface area contributed by atoms with Crippen molar-refractivity contribution in [2.75, 3.05) is 5.75 Å². The molecular formula is C10H13IO2S. The highest BCUT2D eigenvalue weighted by molar-refractivity contribution is 14.1. The van der Waals surface area contributed by atoms with Crippen LogP contribution in [0.5, 0.6) is 0 Å². The molecule has 4 heteroatoms.